The Morgan fingerprint density at radius 3 is 2.76 bits per heavy atom. The molecule has 0 aromatic heterocycles. The highest BCUT2D eigenvalue weighted by molar-refractivity contribution is 6.30. The summed E-state index contributed by atoms with van der Waals surface area (Å²) in [6.07, 6.45) is 2.77. The van der Waals surface area contributed by atoms with Gasteiger partial charge in [0.1, 0.15) is 29.8 Å². The highest BCUT2D eigenvalue weighted by atomic mass is 35.5. The van der Waals surface area contributed by atoms with Crippen LogP contribution in [0.2, 0.25) is 5.02 Å². The molecule has 2 aromatic carbocycles. The second-order valence-corrected chi connectivity index (χ2v) is 8.50. The number of hydrogen-bond donors (Lipinski definition) is 2. The Morgan fingerprint density at radius 2 is 1.97 bits per heavy atom. The van der Waals surface area contributed by atoms with Crippen LogP contribution in [0.5, 0.6) is 11.5 Å². The first-order valence-electron chi connectivity index (χ1n) is 10.3. The topological polar surface area (TPSA) is 62.2 Å². The van der Waals surface area contributed by atoms with Gasteiger partial charge in [0.25, 0.3) is 0 Å². The van der Waals surface area contributed by atoms with Crippen LogP contribution in [0.3, 0.4) is 0 Å². The van der Waals surface area contributed by atoms with Crippen LogP contribution in [-0.4, -0.2) is 59.7 Å². The number of β-amino-alcohol motifs (C(OH)–C–C–N with tert-alkyl or cyclic N) is 1. The van der Waals surface area contributed by atoms with Gasteiger partial charge in [-0.15, -0.1) is 0 Å². The third-order valence-electron chi connectivity index (χ3n) is 5.88. The Labute approximate surface area is 176 Å². The van der Waals surface area contributed by atoms with Crippen molar-refractivity contribution >= 4 is 11.6 Å². The Bertz CT molecular complexity index is 835. The van der Waals surface area contributed by atoms with Crippen molar-refractivity contribution in [3.63, 3.8) is 0 Å². The van der Waals surface area contributed by atoms with Crippen molar-refractivity contribution in [3.8, 4) is 11.5 Å². The summed E-state index contributed by atoms with van der Waals surface area (Å²) in [5.74, 6) is 1.69. The summed E-state index contributed by atoms with van der Waals surface area (Å²) in [6.45, 7) is 2.68. The van der Waals surface area contributed by atoms with Gasteiger partial charge in [-0.05, 0) is 41.8 Å². The molecule has 2 aromatic rings. The van der Waals surface area contributed by atoms with Gasteiger partial charge in [-0.25, -0.2) is 0 Å². The molecule has 1 unspecified atom stereocenters. The molecule has 6 heteroatoms. The van der Waals surface area contributed by atoms with E-state index in [1.165, 1.54) is 5.56 Å². The van der Waals surface area contributed by atoms with Crippen molar-refractivity contribution in [2.75, 3.05) is 32.8 Å². The number of benzene rings is 2. The molecule has 156 valence electrons. The van der Waals surface area contributed by atoms with Gasteiger partial charge in [-0.1, -0.05) is 29.8 Å². The lowest BCUT2D eigenvalue weighted by molar-refractivity contribution is -0.00202. The monoisotopic (exact) mass is 417 g/mol. The van der Waals surface area contributed by atoms with Crippen molar-refractivity contribution in [3.05, 3.63) is 58.6 Å². The maximum atomic E-state index is 10.5. The van der Waals surface area contributed by atoms with E-state index < -0.39 is 6.10 Å². The van der Waals surface area contributed by atoms with Crippen LogP contribution >= 0.6 is 11.6 Å². The molecule has 0 saturated carbocycles. The van der Waals surface area contributed by atoms with E-state index in [9.17, 15) is 5.11 Å². The smallest absolute Gasteiger partial charge is 0.123 e. The first-order valence-corrected chi connectivity index (χ1v) is 10.6. The van der Waals surface area contributed by atoms with Gasteiger partial charge in [-0.2, -0.15) is 0 Å². The minimum absolute atomic E-state index is 0.0800. The van der Waals surface area contributed by atoms with Gasteiger partial charge >= 0.3 is 0 Å². The summed E-state index contributed by atoms with van der Waals surface area (Å²) in [4.78, 5) is 2.28. The number of nitrogens with zero attached hydrogens (tertiary/aromatic N) is 1. The fourth-order valence-electron chi connectivity index (χ4n) is 4.33. The molecule has 2 N–H and O–H groups in total. The van der Waals surface area contributed by atoms with E-state index in [4.69, 9.17) is 26.2 Å². The number of para-hydroxylation sites is 1. The second-order valence-electron chi connectivity index (χ2n) is 8.06. The molecular weight excluding hydrogens is 390 g/mol. The van der Waals surface area contributed by atoms with Crippen molar-refractivity contribution < 1.29 is 19.7 Å². The van der Waals surface area contributed by atoms with Crippen LogP contribution in [-0.2, 0) is 12.8 Å². The molecule has 29 heavy (non-hydrogen) atoms. The van der Waals surface area contributed by atoms with Crippen LogP contribution < -0.4 is 9.47 Å². The molecule has 2 aliphatic heterocycles. The van der Waals surface area contributed by atoms with Crippen LogP contribution in [0.1, 0.15) is 24.0 Å². The predicted molar refractivity (Wildman–Crippen MR) is 113 cm³/mol. The average Bonchev–Trinajstić information content (AvgIpc) is 3.06. The maximum absolute atomic E-state index is 10.5. The minimum atomic E-state index is -0.563. The minimum Gasteiger partial charge on any atom is -0.491 e. The normalized spacial score (nSPS) is 19.0. The highest BCUT2D eigenvalue weighted by Crippen LogP contribution is 2.41. The van der Waals surface area contributed by atoms with E-state index >= 15 is 0 Å². The fourth-order valence-corrected chi connectivity index (χ4v) is 4.53. The molecule has 0 amide bonds. The van der Waals surface area contributed by atoms with Gasteiger partial charge < -0.3 is 24.6 Å². The molecule has 0 aliphatic carbocycles. The van der Waals surface area contributed by atoms with E-state index in [0.717, 1.165) is 54.4 Å². The van der Waals surface area contributed by atoms with Gasteiger partial charge in [0.2, 0.25) is 0 Å². The Morgan fingerprint density at radius 1 is 1.17 bits per heavy atom. The van der Waals surface area contributed by atoms with Gasteiger partial charge in [0.15, 0.2) is 0 Å². The molecule has 1 atom stereocenters. The fraction of sp³-hybridized carbons (Fsp3) is 0.478. The van der Waals surface area contributed by atoms with E-state index in [1.54, 1.807) is 0 Å². The van der Waals surface area contributed by atoms with E-state index in [0.29, 0.717) is 13.0 Å². The zero-order valence-corrected chi connectivity index (χ0v) is 17.3. The van der Waals surface area contributed by atoms with Crippen molar-refractivity contribution in [1.29, 1.82) is 0 Å². The summed E-state index contributed by atoms with van der Waals surface area (Å²) in [5, 5.41) is 20.4. The third kappa shape index (κ3) is 4.86. The largest absolute Gasteiger partial charge is 0.491 e. The van der Waals surface area contributed by atoms with Crippen LogP contribution in [0.15, 0.2) is 42.5 Å². The number of likely N-dealkylation sites (tertiary alicyclic amines) is 1. The first-order chi connectivity index (χ1) is 14.1. The lowest BCUT2D eigenvalue weighted by Gasteiger charge is -2.39. The number of fused-ring (bicyclic) bond motifs is 1. The highest BCUT2D eigenvalue weighted by Gasteiger charge is 2.42. The standard InChI is InChI=1S/C23H28ClNO4/c24-19-5-6-22-18(13-19)14-23(29-22)8-10-25(11-9-23)15-20(27)16-28-21-4-2-1-3-17(21)7-12-26/h1-6,13,20,26-27H,7-12,14-16H2. The van der Waals surface area contributed by atoms with Crippen molar-refractivity contribution in [1.82, 2.24) is 4.90 Å². The quantitative estimate of drug-likeness (QED) is 0.724. The molecular formula is C23H28ClNO4. The molecule has 1 spiro atoms. The molecule has 2 heterocycles. The summed E-state index contributed by atoms with van der Waals surface area (Å²) < 4.78 is 12.1. The van der Waals surface area contributed by atoms with Gasteiger partial charge in [0.05, 0.1) is 0 Å². The average molecular weight is 418 g/mol. The van der Waals surface area contributed by atoms with Crippen molar-refractivity contribution in [2.45, 2.75) is 37.4 Å². The zero-order valence-electron chi connectivity index (χ0n) is 16.5. The second kappa shape index (κ2) is 8.92. The summed E-state index contributed by atoms with van der Waals surface area (Å²) in [7, 11) is 0. The number of ether oxygens (including phenoxy) is 2. The molecule has 5 nitrogen and oxygen atoms in total. The lowest BCUT2D eigenvalue weighted by atomic mass is 9.87. The number of hydrogen-bond acceptors (Lipinski definition) is 5. The molecule has 1 saturated heterocycles. The number of piperidine rings is 1. The lowest BCUT2D eigenvalue weighted by Crippen LogP contribution is -2.49. The third-order valence-corrected chi connectivity index (χ3v) is 6.12. The number of rotatable bonds is 7. The van der Waals surface area contributed by atoms with Crippen LogP contribution in [0, 0.1) is 0 Å². The van der Waals surface area contributed by atoms with Gasteiger partial charge in [-0.3, -0.25) is 0 Å². The molecule has 4 rings (SSSR count). The molecule has 1 fully saturated rings. The van der Waals surface area contributed by atoms with Crippen molar-refractivity contribution in [2.24, 2.45) is 0 Å². The zero-order chi connectivity index (χ0) is 20.3. The SMILES string of the molecule is OCCc1ccccc1OCC(O)CN1CCC2(CC1)Cc1cc(Cl)ccc1O2. The summed E-state index contributed by atoms with van der Waals surface area (Å²) >= 11 is 6.12. The van der Waals surface area contributed by atoms with E-state index in [2.05, 4.69) is 4.90 Å². The number of aliphatic hydroxyl groups excluding tert-OH is 2. The molecule has 2 aliphatic rings. The van der Waals surface area contributed by atoms with Gasteiger partial charge in [0, 0.05) is 50.5 Å². The molecule has 0 bridgehead atoms. The first kappa shape index (κ1) is 20.5. The molecule has 0 radical (unpaired) electrons. The summed E-state index contributed by atoms with van der Waals surface area (Å²) in [6, 6.07) is 13.5. The van der Waals surface area contributed by atoms with Crippen LogP contribution in [0.25, 0.3) is 0 Å². The Hall–Kier alpha value is -1.79. The number of halogens is 1. The van der Waals surface area contributed by atoms with Crippen LogP contribution in [0.4, 0.5) is 0 Å². The van der Waals surface area contributed by atoms with E-state index in [1.807, 2.05) is 42.5 Å². The number of aliphatic hydroxyl groups is 2. The maximum Gasteiger partial charge on any atom is 0.123 e. The Kier molecular flexibility index (Phi) is 6.30. The Balaban J connectivity index is 1.25. The predicted octanol–water partition coefficient (Wildman–Crippen LogP) is 3.08. The van der Waals surface area contributed by atoms with E-state index in [-0.39, 0.29) is 18.8 Å². The summed E-state index contributed by atoms with van der Waals surface area (Å²) in [5.41, 5.74) is 2.02.